The molecule has 0 aromatic heterocycles. The molecule has 0 N–H and O–H groups in total. The van der Waals surface area contributed by atoms with Gasteiger partial charge >= 0.3 is 12.4 Å². The Morgan fingerprint density at radius 3 is 2.04 bits per heavy atom. The zero-order valence-electron chi connectivity index (χ0n) is 12.0. The summed E-state index contributed by atoms with van der Waals surface area (Å²) in [6.07, 6.45) is -10.9. The van der Waals surface area contributed by atoms with Crippen molar-refractivity contribution in [2.75, 3.05) is 19.7 Å². The highest BCUT2D eigenvalue weighted by Gasteiger charge is 2.38. The van der Waals surface area contributed by atoms with E-state index in [0.29, 0.717) is 12.1 Å². The molecule has 0 aliphatic carbocycles. The molecule has 0 saturated carbocycles. The zero-order chi connectivity index (χ0) is 17.4. The molecule has 128 valence electrons. The van der Waals surface area contributed by atoms with Gasteiger partial charge in [0.15, 0.2) is 0 Å². The third-order valence-corrected chi connectivity index (χ3v) is 3.49. The molecular formula is C14H13F6NO2. The predicted octanol–water partition coefficient (Wildman–Crippen LogP) is 3.64. The Labute approximate surface area is 127 Å². The molecule has 0 radical (unpaired) electrons. The van der Waals surface area contributed by atoms with Crippen molar-refractivity contribution in [3.8, 4) is 0 Å². The number of rotatable bonds is 1. The second kappa shape index (κ2) is 6.03. The quantitative estimate of drug-likeness (QED) is 0.730. The van der Waals surface area contributed by atoms with Gasteiger partial charge in [-0.15, -0.1) is 0 Å². The maximum Gasteiger partial charge on any atom is 0.416 e. The summed E-state index contributed by atoms with van der Waals surface area (Å²) in [5.74, 6) is -0.318. The largest absolute Gasteiger partial charge is 0.416 e. The van der Waals surface area contributed by atoms with Crippen LogP contribution >= 0.6 is 0 Å². The van der Waals surface area contributed by atoms with Gasteiger partial charge in [0.05, 0.1) is 24.3 Å². The lowest BCUT2D eigenvalue weighted by Crippen LogP contribution is -2.41. The first-order valence-electron chi connectivity index (χ1n) is 6.65. The second-order valence-corrected chi connectivity index (χ2v) is 5.16. The lowest BCUT2D eigenvalue weighted by Gasteiger charge is -2.33. The predicted molar refractivity (Wildman–Crippen MR) is 67.4 cm³/mol. The van der Waals surface area contributed by atoms with Crippen molar-refractivity contribution in [2.24, 2.45) is 0 Å². The number of benzene rings is 1. The van der Waals surface area contributed by atoms with Gasteiger partial charge < -0.3 is 9.64 Å². The first-order chi connectivity index (χ1) is 10.5. The fourth-order valence-corrected chi connectivity index (χ4v) is 2.30. The number of ether oxygens (including phenoxy) is 1. The van der Waals surface area contributed by atoms with Crippen LogP contribution < -0.4 is 0 Å². The minimum Gasteiger partial charge on any atom is -0.370 e. The number of alkyl halides is 6. The van der Waals surface area contributed by atoms with Crippen molar-refractivity contribution >= 4 is 5.91 Å². The topological polar surface area (TPSA) is 29.5 Å². The molecule has 9 heteroatoms. The van der Waals surface area contributed by atoms with Crippen molar-refractivity contribution in [3.05, 3.63) is 34.9 Å². The molecule has 1 aromatic carbocycles. The van der Waals surface area contributed by atoms with Crippen LogP contribution in [-0.4, -0.2) is 30.5 Å². The van der Waals surface area contributed by atoms with E-state index in [1.807, 2.05) is 0 Å². The Bertz CT molecular complexity index is 564. The second-order valence-electron chi connectivity index (χ2n) is 5.16. The summed E-state index contributed by atoms with van der Waals surface area (Å²) in [5.41, 5.74) is -3.05. The molecule has 0 unspecified atom stereocenters. The van der Waals surface area contributed by atoms with E-state index >= 15 is 0 Å². The number of nitrogens with zero attached hydrogens (tertiary/aromatic N) is 1. The van der Waals surface area contributed by atoms with E-state index in [-0.39, 0.29) is 37.2 Å². The molecule has 1 saturated heterocycles. The monoisotopic (exact) mass is 341 g/mol. The van der Waals surface area contributed by atoms with Crippen LogP contribution in [0.5, 0.6) is 0 Å². The van der Waals surface area contributed by atoms with E-state index < -0.39 is 29.6 Å². The molecule has 0 spiro atoms. The van der Waals surface area contributed by atoms with Crippen LogP contribution in [0.25, 0.3) is 0 Å². The van der Waals surface area contributed by atoms with Crippen LogP contribution in [0.1, 0.15) is 29.7 Å². The molecular weight excluding hydrogens is 328 g/mol. The van der Waals surface area contributed by atoms with Crippen molar-refractivity contribution in [3.63, 3.8) is 0 Å². The van der Waals surface area contributed by atoms with Crippen LogP contribution in [0.4, 0.5) is 26.3 Å². The van der Waals surface area contributed by atoms with Gasteiger partial charge in [-0.1, -0.05) is 0 Å². The first-order valence-corrected chi connectivity index (χ1v) is 6.65. The summed E-state index contributed by atoms with van der Waals surface area (Å²) < 4.78 is 82.3. The lowest BCUT2D eigenvalue weighted by atomic mass is 10.00. The van der Waals surface area contributed by atoms with Gasteiger partial charge in [-0.05, 0) is 23.8 Å². The van der Waals surface area contributed by atoms with E-state index in [9.17, 15) is 31.1 Å². The number of hydrogen-bond acceptors (Lipinski definition) is 2. The Kier molecular flexibility index (Phi) is 4.61. The van der Waals surface area contributed by atoms with Gasteiger partial charge in [0.1, 0.15) is 6.10 Å². The number of amides is 1. The van der Waals surface area contributed by atoms with E-state index in [1.165, 1.54) is 11.8 Å². The van der Waals surface area contributed by atoms with Crippen LogP contribution in [-0.2, 0) is 21.9 Å². The third-order valence-electron chi connectivity index (χ3n) is 3.49. The normalized spacial score (nSPS) is 19.8. The van der Waals surface area contributed by atoms with E-state index in [0.717, 1.165) is 0 Å². The fraction of sp³-hybridized carbons (Fsp3) is 0.500. The maximum atomic E-state index is 12.8. The standard InChI is InChI=1S/C14H13F6NO2/c1-8(22)21-2-3-23-12(7-21)9-4-10(13(15,16)17)6-11(5-9)14(18,19)20/h4-6,12H,2-3,7H2,1H3/t12-/m1/s1. The van der Waals surface area contributed by atoms with Gasteiger partial charge in [-0.3, -0.25) is 4.79 Å². The van der Waals surface area contributed by atoms with Crippen LogP contribution in [0, 0.1) is 0 Å². The summed E-state index contributed by atoms with van der Waals surface area (Å²) in [6, 6.07) is 1.32. The Hall–Kier alpha value is -1.77. The molecule has 23 heavy (non-hydrogen) atoms. The summed E-state index contributed by atoms with van der Waals surface area (Å²) in [5, 5.41) is 0. The summed E-state index contributed by atoms with van der Waals surface area (Å²) >= 11 is 0. The fourth-order valence-electron chi connectivity index (χ4n) is 2.30. The lowest BCUT2D eigenvalue weighted by molar-refractivity contribution is -0.144. The number of carbonyl (C=O) groups excluding carboxylic acids is 1. The maximum absolute atomic E-state index is 12.8. The molecule has 1 aromatic rings. The molecule has 1 heterocycles. The number of carbonyl (C=O) groups is 1. The molecule has 2 rings (SSSR count). The number of hydrogen-bond donors (Lipinski definition) is 0. The highest BCUT2D eigenvalue weighted by molar-refractivity contribution is 5.73. The van der Waals surface area contributed by atoms with Crippen molar-refractivity contribution in [2.45, 2.75) is 25.4 Å². The summed E-state index contributed by atoms with van der Waals surface area (Å²) in [6.45, 7) is 1.47. The SMILES string of the molecule is CC(=O)N1CCO[C@@H](c2cc(C(F)(F)F)cc(C(F)(F)F)c2)C1. The molecule has 3 nitrogen and oxygen atoms in total. The Balaban J connectivity index is 2.43. The van der Waals surface area contributed by atoms with E-state index in [2.05, 4.69) is 0 Å². The van der Waals surface area contributed by atoms with Crippen LogP contribution in [0.3, 0.4) is 0 Å². The number of halogens is 6. The molecule has 0 bridgehead atoms. The van der Waals surface area contributed by atoms with Gasteiger partial charge in [-0.2, -0.15) is 26.3 Å². The highest BCUT2D eigenvalue weighted by atomic mass is 19.4. The zero-order valence-corrected chi connectivity index (χ0v) is 12.0. The molecule has 1 aliphatic rings. The van der Waals surface area contributed by atoms with E-state index in [4.69, 9.17) is 4.74 Å². The van der Waals surface area contributed by atoms with Gasteiger partial charge in [-0.25, -0.2) is 0 Å². The van der Waals surface area contributed by atoms with Crippen molar-refractivity contribution in [1.29, 1.82) is 0 Å². The average Bonchev–Trinajstić information content (AvgIpc) is 2.45. The van der Waals surface area contributed by atoms with E-state index in [1.54, 1.807) is 0 Å². The summed E-state index contributed by atoms with van der Waals surface area (Å²) in [7, 11) is 0. The minimum absolute atomic E-state index is 0.0435. The van der Waals surface area contributed by atoms with Gasteiger partial charge in [0, 0.05) is 13.5 Å². The van der Waals surface area contributed by atoms with Crippen LogP contribution in [0.15, 0.2) is 18.2 Å². The van der Waals surface area contributed by atoms with Crippen molar-refractivity contribution in [1.82, 2.24) is 4.90 Å². The Morgan fingerprint density at radius 2 is 1.61 bits per heavy atom. The Morgan fingerprint density at radius 1 is 1.09 bits per heavy atom. The summed E-state index contributed by atoms with van der Waals surface area (Å²) in [4.78, 5) is 12.7. The average molecular weight is 341 g/mol. The first kappa shape index (κ1) is 17.6. The third kappa shape index (κ3) is 4.15. The minimum atomic E-state index is -4.91. The highest BCUT2D eigenvalue weighted by Crippen LogP contribution is 2.38. The number of morpholine rings is 1. The smallest absolute Gasteiger partial charge is 0.370 e. The van der Waals surface area contributed by atoms with Gasteiger partial charge in [0.25, 0.3) is 0 Å². The molecule has 1 aliphatic heterocycles. The molecule has 1 atom stereocenters. The van der Waals surface area contributed by atoms with Crippen molar-refractivity contribution < 1.29 is 35.9 Å². The van der Waals surface area contributed by atoms with Crippen LogP contribution in [0.2, 0.25) is 0 Å². The van der Waals surface area contributed by atoms with Gasteiger partial charge in [0.2, 0.25) is 5.91 Å². The molecule has 1 fully saturated rings. The molecule has 1 amide bonds.